The molecule has 0 aromatic heterocycles. The van der Waals surface area contributed by atoms with Gasteiger partial charge >= 0.3 is 0 Å². The number of halogens is 16. The predicted octanol–water partition coefficient (Wildman–Crippen LogP) is 7.63. The molecule has 0 heterocycles. The molecule has 0 bridgehead atoms. The second kappa shape index (κ2) is 16.8. The molecule has 0 aliphatic carbocycles. The first-order valence-corrected chi connectivity index (χ1v) is 16.9. The number of nitrogens with one attached hydrogen (secondary N) is 1. The van der Waals surface area contributed by atoms with Gasteiger partial charge in [0.1, 0.15) is 36.0 Å². The fourth-order valence-corrected chi connectivity index (χ4v) is 6.87. The first kappa shape index (κ1) is 44.7. The highest BCUT2D eigenvalue weighted by Crippen LogP contribution is 2.31. The molecule has 0 fully saturated rings. The number of rotatable bonds is 8. The van der Waals surface area contributed by atoms with Crippen LogP contribution in [0.3, 0.4) is 0 Å². The molecular formula is C39H30BF16N. The molecule has 306 valence electrons. The highest BCUT2D eigenvalue weighted by Gasteiger charge is 2.51. The molecule has 1 N–H and O–H groups in total. The molecule has 0 spiro atoms. The van der Waals surface area contributed by atoms with E-state index in [1.807, 2.05) is 0 Å². The first-order valence-electron chi connectivity index (χ1n) is 16.9. The summed E-state index contributed by atoms with van der Waals surface area (Å²) < 4.78 is 245. The molecule has 5 aromatic carbocycles. The Morgan fingerprint density at radius 1 is 0.351 bits per heavy atom. The molecule has 0 amide bonds. The molecule has 0 saturated heterocycles. The lowest BCUT2D eigenvalue weighted by Gasteiger charge is -2.45. The molecule has 0 radical (unpaired) electrons. The second-order valence-electron chi connectivity index (χ2n) is 13.2. The van der Waals surface area contributed by atoms with Gasteiger partial charge in [0.2, 0.25) is 0 Å². The topological polar surface area (TPSA) is 4.44 Å². The van der Waals surface area contributed by atoms with Gasteiger partial charge in [-0.1, -0.05) is 30.3 Å². The summed E-state index contributed by atoms with van der Waals surface area (Å²) in [7, 11) is 0. The van der Waals surface area contributed by atoms with Gasteiger partial charge in [0, 0.05) is 27.8 Å². The lowest BCUT2D eigenvalue weighted by atomic mass is 9.12. The van der Waals surface area contributed by atoms with Crippen molar-refractivity contribution in [2.24, 2.45) is 0 Å². The van der Waals surface area contributed by atoms with Crippen molar-refractivity contribution >= 4 is 28.0 Å². The van der Waals surface area contributed by atoms with E-state index >= 15 is 35.1 Å². The Kier molecular flexibility index (Phi) is 13.2. The summed E-state index contributed by atoms with van der Waals surface area (Å²) >= 11 is 0. The zero-order valence-corrected chi connectivity index (χ0v) is 30.6. The standard InChI is InChI=1S/C28H12BF16.C11H17N/c1-5-13(30)9(21(38)25(42)17(5)34)29(10-14(31)6(2)18(35)26(43)22(10)39,11-15(32)7(3)19(36)27(44)23(11)40)12-16(33)8(4)20(37)28(45)24(12)41;1-3-12(4-2)10-11-8-6-5-7-9-11/h1-4H3;5-9H,3-4,10H2,1-2H3/q-1;/p+1. The third kappa shape index (κ3) is 7.14. The zero-order chi connectivity index (χ0) is 43.2. The Hall–Kier alpha value is -5.00. The number of quaternary nitrogens is 1. The quantitative estimate of drug-likeness (QED) is 0.0711. The van der Waals surface area contributed by atoms with Gasteiger partial charge in [-0.05, 0) is 41.5 Å². The maximum atomic E-state index is 16.0. The van der Waals surface area contributed by atoms with Gasteiger partial charge in [-0.25, -0.2) is 70.2 Å². The van der Waals surface area contributed by atoms with Crippen molar-refractivity contribution < 1.29 is 75.1 Å². The fourth-order valence-electron chi connectivity index (χ4n) is 6.87. The van der Waals surface area contributed by atoms with Crippen LogP contribution in [-0.2, 0) is 6.54 Å². The summed E-state index contributed by atoms with van der Waals surface area (Å²) in [6.45, 7) is 9.04. The fraction of sp³-hybridized carbons (Fsp3) is 0.231. The monoisotopic (exact) mass is 827 g/mol. The second-order valence-corrected chi connectivity index (χ2v) is 13.2. The van der Waals surface area contributed by atoms with Crippen LogP contribution >= 0.6 is 0 Å². The highest BCUT2D eigenvalue weighted by atomic mass is 19.2. The first-order chi connectivity index (χ1) is 26.6. The molecular weight excluding hydrogens is 797 g/mol. The Morgan fingerprint density at radius 3 is 0.825 bits per heavy atom. The molecule has 5 aromatic rings. The van der Waals surface area contributed by atoms with Gasteiger partial charge in [-0.3, -0.25) is 0 Å². The van der Waals surface area contributed by atoms with Gasteiger partial charge in [0.05, 0.1) is 36.4 Å². The summed E-state index contributed by atoms with van der Waals surface area (Å²) in [6, 6.07) is 10.7. The summed E-state index contributed by atoms with van der Waals surface area (Å²) in [6.07, 6.45) is -6.26. The highest BCUT2D eigenvalue weighted by molar-refractivity contribution is 7.20. The lowest BCUT2D eigenvalue weighted by Crippen LogP contribution is -3.10. The van der Waals surface area contributed by atoms with E-state index in [0.29, 0.717) is 0 Å². The van der Waals surface area contributed by atoms with Crippen LogP contribution < -0.4 is 26.8 Å². The summed E-state index contributed by atoms with van der Waals surface area (Å²) in [5, 5.41) is 0. The van der Waals surface area contributed by atoms with E-state index in [4.69, 9.17) is 0 Å². The molecule has 0 aliphatic rings. The van der Waals surface area contributed by atoms with E-state index in [0.717, 1.165) is 6.54 Å². The van der Waals surface area contributed by atoms with Gasteiger partial charge in [-0.2, -0.15) is 0 Å². The van der Waals surface area contributed by atoms with Crippen LogP contribution in [0.25, 0.3) is 0 Å². The van der Waals surface area contributed by atoms with Crippen LogP contribution in [0, 0.1) is 121 Å². The van der Waals surface area contributed by atoms with Crippen LogP contribution in [0.15, 0.2) is 30.3 Å². The molecule has 0 atom stereocenters. The van der Waals surface area contributed by atoms with Crippen LogP contribution in [0.4, 0.5) is 70.2 Å². The lowest BCUT2D eigenvalue weighted by molar-refractivity contribution is -0.910. The zero-order valence-electron chi connectivity index (χ0n) is 30.6. The summed E-state index contributed by atoms with van der Waals surface area (Å²) in [5.74, 6) is -44.5. The maximum Gasteiger partial charge on any atom is 0.191 e. The van der Waals surface area contributed by atoms with Crippen LogP contribution in [0.2, 0.25) is 0 Å². The Morgan fingerprint density at radius 2 is 0.596 bits per heavy atom. The molecule has 0 saturated carbocycles. The van der Waals surface area contributed by atoms with Crippen molar-refractivity contribution in [3.63, 3.8) is 0 Å². The van der Waals surface area contributed by atoms with Crippen molar-refractivity contribution in [3.05, 3.63) is 151 Å². The van der Waals surface area contributed by atoms with Crippen LogP contribution in [0.1, 0.15) is 41.7 Å². The van der Waals surface area contributed by atoms with E-state index in [9.17, 15) is 35.1 Å². The summed E-state index contributed by atoms with van der Waals surface area (Å²) in [5.41, 5.74) is -16.4. The van der Waals surface area contributed by atoms with Crippen molar-refractivity contribution in [1.82, 2.24) is 0 Å². The number of hydrogen-bond donors (Lipinski definition) is 1. The van der Waals surface area contributed by atoms with Crippen molar-refractivity contribution in [2.75, 3.05) is 13.1 Å². The van der Waals surface area contributed by atoms with Crippen molar-refractivity contribution in [2.45, 2.75) is 48.1 Å². The van der Waals surface area contributed by atoms with E-state index in [1.54, 1.807) is 4.90 Å². The van der Waals surface area contributed by atoms with Crippen LogP contribution in [-0.4, -0.2) is 19.2 Å². The van der Waals surface area contributed by atoms with Crippen molar-refractivity contribution in [1.29, 1.82) is 0 Å². The number of hydrogen-bond acceptors (Lipinski definition) is 0. The molecule has 1 nitrogen and oxygen atoms in total. The largest absolute Gasteiger partial charge is 0.332 e. The van der Waals surface area contributed by atoms with E-state index in [2.05, 4.69) is 44.2 Å². The molecule has 0 aliphatic heterocycles. The maximum absolute atomic E-state index is 16.0. The van der Waals surface area contributed by atoms with E-state index in [1.165, 1.54) is 18.7 Å². The van der Waals surface area contributed by atoms with Crippen LogP contribution in [0.5, 0.6) is 0 Å². The average molecular weight is 827 g/mol. The predicted molar refractivity (Wildman–Crippen MR) is 181 cm³/mol. The minimum atomic E-state index is -6.26. The van der Waals surface area contributed by atoms with Gasteiger partial charge < -0.3 is 4.90 Å². The molecule has 57 heavy (non-hydrogen) atoms. The van der Waals surface area contributed by atoms with E-state index < -0.39 is 143 Å². The Balaban J connectivity index is 0.000000512. The minimum absolute atomic E-state index is 0.243. The SMILES string of the molecule is CC[NH+](CC)Cc1ccccc1.Cc1c(F)c(F)c(F)c([B-](c2c(F)c(C)c(F)c(F)c2F)(c2c(F)c(C)c(F)c(F)c2F)c2c(F)c(C)c(F)c(F)c2F)c1F. The third-order valence-electron chi connectivity index (χ3n) is 10.1. The Labute approximate surface area is 315 Å². The normalized spacial score (nSPS) is 11.7. The molecule has 0 unspecified atom stereocenters. The number of benzene rings is 5. The molecule has 18 heteroatoms. The van der Waals surface area contributed by atoms with Gasteiger partial charge in [0.25, 0.3) is 0 Å². The smallest absolute Gasteiger partial charge is 0.191 e. The summed E-state index contributed by atoms with van der Waals surface area (Å²) in [4.78, 5) is 1.64. The van der Waals surface area contributed by atoms with Crippen molar-refractivity contribution in [3.8, 4) is 0 Å². The molecule has 5 rings (SSSR count). The minimum Gasteiger partial charge on any atom is -0.332 e. The van der Waals surface area contributed by atoms with E-state index in [-0.39, 0.29) is 27.7 Å². The third-order valence-corrected chi connectivity index (χ3v) is 10.1. The average Bonchev–Trinajstić information content (AvgIpc) is 3.20. The van der Waals surface area contributed by atoms with Gasteiger partial charge in [-0.15, -0.1) is 21.9 Å². The van der Waals surface area contributed by atoms with Gasteiger partial charge in [0.15, 0.2) is 46.5 Å². The Bertz CT molecular complexity index is 1980.